The van der Waals surface area contributed by atoms with Gasteiger partial charge in [0.1, 0.15) is 0 Å². The highest BCUT2D eigenvalue weighted by Crippen LogP contribution is 2.36. The number of rotatable bonds is 6. The Kier molecular flexibility index (Phi) is 5.76. The maximum atomic E-state index is 6.24. The number of hydrogen-bond acceptors (Lipinski definition) is 3. The molecule has 4 heteroatoms. The SMILES string of the molecule is CCC(C)CC(N)c1cc(OC)c(OC)cc1Cl. The van der Waals surface area contributed by atoms with Crippen LogP contribution in [0.4, 0.5) is 0 Å². The van der Waals surface area contributed by atoms with Crippen LogP contribution in [0.5, 0.6) is 11.5 Å². The minimum Gasteiger partial charge on any atom is -0.493 e. The third-order valence-corrected chi connectivity index (χ3v) is 3.58. The van der Waals surface area contributed by atoms with Crippen LogP contribution in [0, 0.1) is 5.92 Å². The first kappa shape index (κ1) is 15.1. The molecule has 3 nitrogen and oxygen atoms in total. The lowest BCUT2D eigenvalue weighted by Gasteiger charge is -2.19. The average molecular weight is 272 g/mol. The second-order valence-corrected chi connectivity index (χ2v) is 4.99. The molecule has 0 saturated heterocycles. The molecule has 0 radical (unpaired) electrons. The first-order chi connectivity index (χ1) is 8.53. The van der Waals surface area contributed by atoms with Crippen LogP contribution in [0.3, 0.4) is 0 Å². The van der Waals surface area contributed by atoms with Crippen LogP contribution < -0.4 is 15.2 Å². The van der Waals surface area contributed by atoms with Gasteiger partial charge < -0.3 is 15.2 Å². The topological polar surface area (TPSA) is 44.5 Å². The van der Waals surface area contributed by atoms with Gasteiger partial charge in [0.15, 0.2) is 11.5 Å². The summed E-state index contributed by atoms with van der Waals surface area (Å²) in [5.74, 6) is 1.86. The van der Waals surface area contributed by atoms with Crippen molar-refractivity contribution in [1.82, 2.24) is 0 Å². The molecule has 0 aliphatic carbocycles. The smallest absolute Gasteiger partial charge is 0.162 e. The van der Waals surface area contributed by atoms with Crippen molar-refractivity contribution in [2.75, 3.05) is 14.2 Å². The Hall–Kier alpha value is -0.930. The van der Waals surface area contributed by atoms with Crippen molar-refractivity contribution in [3.8, 4) is 11.5 Å². The quantitative estimate of drug-likeness (QED) is 0.856. The van der Waals surface area contributed by atoms with Crippen molar-refractivity contribution < 1.29 is 9.47 Å². The number of methoxy groups -OCH3 is 2. The molecule has 0 amide bonds. The second-order valence-electron chi connectivity index (χ2n) is 4.58. The Bertz CT molecular complexity index is 396. The van der Waals surface area contributed by atoms with Crippen LogP contribution in [0.1, 0.15) is 38.3 Å². The van der Waals surface area contributed by atoms with Gasteiger partial charge in [-0.1, -0.05) is 31.9 Å². The van der Waals surface area contributed by atoms with E-state index in [0.29, 0.717) is 22.4 Å². The lowest BCUT2D eigenvalue weighted by Crippen LogP contribution is -2.14. The summed E-state index contributed by atoms with van der Waals surface area (Å²) in [5.41, 5.74) is 7.12. The van der Waals surface area contributed by atoms with Gasteiger partial charge in [-0.15, -0.1) is 0 Å². The predicted molar refractivity (Wildman–Crippen MR) is 75.6 cm³/mol. The van der Waals surface area contributed by atoms with Crippen LogP contribution in [0.2, 0.25) is 5.02 Å². The van der Waals surface area contributed by atoms with Crippen molar-refractivity contribution in [3.63, 3.8) is 0 Å². The molecule has 0 aliphatic rings. The monoisotopic (exact) mass is 271 g/mol. The fourth-order valence-corrected chi connectivity index (χ4v) is 2.17. The highest BCUT2D eigenvalue weighted by atomic mass is 35.5. The van der Waals surface area contributed by atoms with Gasteiger partial charge in [0.2, 0.25) is 0 Å². The van der Waals surface area contributed by atoms with Gasteiger partial charge in [-0.05, 0) is 24.0 Å². The standard InChI is InChI=1S/C14H22ClNO2/c1-5-9(2)6-12(16)10-7-13(17-3)14(18-4)8-11(10)15/h7-9,12H,5-6,16H2,1-4H3. The lowest BCUT2D eigenvalue weighted by molar-refractivity contribution is 0.353. The molecule has 0 heterocycles. The number of nitrogens with two attached hydrogens (primary N) is 1. The van der Waals surface area contributed by atoms with Crippen molar-refractivity contribution in [1.29, 1.82) is 0 Å². The summed E-state index contributed by atoms with van der Waals surface area (Å²) in [6.07, 6.45) is 2.02. The minimum atomic E-state index is -0.0766. The molecule has 2 N–H and O–H groups in total. The number of halogens is 1. The molecule has 0 bridgehead atoms. The van der Waals surface area contributed by atoms with Crippen molar-refractivity contribution in [3.05, 3.63) is 22.7 Å². The van der Waals surface area contributed by atoms with Gasteiger partial charge in [-0.2, -0.15) is 0 Å². The van der Waals surface area contributed by atoms with Crippen LogP contribution >= 0.6 is 11.6 Å². The fraction of sp³-hybridized carbons (Fsp3) is 0.571. The van der Waals surface area contributed by atoms with Gasteiger partial charge in [0.25, 0.3) is 0 Å². The maximum Gasteiger partial charge on any atom is 0.162 e. The van der Waals surface area contributed by atoms with E-state index in [1.54, 1.807) is 20.3 Å². The number of ether oxygens (including phenoxy) is 2. The Morgan fingerprint density at radius 1 is 1.22 bits per heavy atom. The largest absolute Gasteiger partial charge is 0.493 e. The van der Waals surface area contributed by atoms with Gasteiger partial charge in [-0.3, -0.25) is 0 Å². The molecule has 0 spiro atoms. The third-order valence-electron chi connectivity index (χ3n) is 3.26. The third kappa shape index (κ3) is 3.53. The Balaban J connectivity index is 3.01. The van der Waals surface area contributed by atoms with Gasteiger partial charge >= 0.3 is 0 Å². The zero-order chi connectivity index (χ0) is 13.7. The van der Waals surface area contributed by atoms with Gasteiger partial charge in [-0.25, -0.2) is 0 Å². The van der Waals surface area contributed by atoms with E-state index in [9.17, 15) is 0 Å². The summed E-state index contributed by atoms with van der Waals surface area (Å²) >= 11 is 6.24. The van der Waals surface area contributed by atoms with Gasteiger partial charge in [0.05, 0.1) is 14.2 Å². The van der Waals surface area contributed by atoms with E-state index in [2.05, 4.69) is 13.8 Å². The Morgan fingerprint density at radius 3 is 2.28 bits per heavy atom. The summed E-state index contributed by atoms with van der Waals surface area (Å²) in [7, 11) is 3.20. The molecule has 1 rings (SSSR count). The molecule has 1 aromatic carbocycles. The van der Waals surface area contributed by atoms with E-state index < -0.39 is 0 Å². The lowest BCUT2D eigenvalue weighted by atomic mass is 9.94. The highest BCUT2D eigenvalue weighted by Gasteiger charge is 2.17. The van der Waals surface area contributed by atoms with E-state index in [1.165, 1.54) is 0 Å². The molecule has 0 fully saturated rings. The van der Waals surface area contributed by atoms with Crippen LogP contribution in [0.15, 0.2) is 12.1 Å². The summed E-state index contributed by atoms with van der Waals surface area (Å²) in [4.78, 5) is 0. The normalized spacial score (nSPS) is 14.1. The Labute approximate surface area is 114 Å². The molecule has 0 aliphatic heterocycles. The van der Waals surface area contributed by atoms with E-state index >= 15 is 0 Å². The zero-order valence-corrected chi connectivity index (χ0v) is 12.3. The van der Waals surface area contributed by atoms with Crippen molar-refractivity contribution >= 4 is 11.6 Å². The minimum absolute atomic E-state index is 0.0766. The molecule has 18 heavy (non-hydrogen) atoms. The molecule has 102 valence electrons. The van der Waals surface area contributed by atoms with E-state index in [4.69, 9.17) is 26.8 Å². The molecule has 0 aromatic heterocycles. The summed E-state index contributed by atoms with van der Waals surface area (Å²) in [5, 5.41) is 0.628. The first-order valence-corrected chi connectivity index (χ1v) is 6.58. The Morgan fingerprint density at radius 2 is 1.78 bits per heavy atom. The molecular weight excluding hydrogens is 250 g/mol. The van der Waals surface area contributed by atoms with Crippen LogP contribution in [0.25, 0.3) is 0 Å². The van der Waals surface area contributed by atoms with Crippen LogP contribution in [-0.4, -0.2) is 14.2 Å². The predicted octanol–water partition coefficient (Wildman–Crippen LogP) is 3.79. The van der Waals surface area contributed by atoms with E-state index in [-0.39, 0.29) is 6.04 Å². The fourth-order valence-electron chi connectivity index (χ4n) is 1.88. The second kappa shape index (κ2) is 6.86. The van der Waals surface area contributed by atoms with E-state index in [0.717, 1.165) is 18.4 Å². The summed E-state index contributed by atoms with van der Waals surface area (Å²) in [6.45, 7) is 4.35. The molecular formula is C14H22ClNO2. The van der Waals surface area contributed by atoms with Crippen molar-refractivity contribution in [2.24, 2.45) is 11.7 Å². The molecule has 2 atom stereocenters. The van der Waals surface area contributed by atoms with Crippen LogP contribution in [-0.2, 0) is 0 Å². The maximum absolute atomic E-state index is 6.24. The zero-order valence-electron chi connectivity index (χ0n) is 11.5. The highest BCUT2D eigenvalue weighted by molar-refractivity contribution is 6.31. The summed E-state index contributed by atoms with van der Waals surface area (Å²) < 4.78 is 10.5. The summed E-state index contributed by atoms with van der Waals surface area (Å²) in [6, 6.07) is 3.55. The number of benzene rings is 1. The van der Waals surface area contributed by atoms with Gasteiger partial charge in [0, 0.05) is 17.1 Å². The average Bonchev–Trinajstić information content (AvgIpc) is 2.37. The molecule has 2 unspecified atom stereocenters. The molecule has 1 aromatic rings. The first-order valence-electron chi connectivity index (χ1n) is 6.20. The number of hydrogen-bond donors (Lipinski definition) is 1. The van der Waals surface area contributed by atoms with E-state index in [1.807, 2.05) is 6.07 Å². The molecule has 0 saturated carbocycles. The van der Waals surface area contributed by atoms with Crippen molar-refractivity contribution in [2.45, 2.75) is 32.7 Å².